The Labute approximate surface area is 121 Å². The Morgan fingerprint density at radius 2 is 2.00 bits per heavy atom. The Bertz CT molecular complexity index is 316. The predicted octanol–water partition coefficient (Wildman–Crippen LogP) is 2.71. The molecule has 5 nitrogen and oxygen atoms in total. The van der Waals surface area contributed by atoms with Gasteiger partial charge in [0.1, 0.15) is 0 Å². The van der Waals surface area contributed by atoms with Gasteiger partial charge in [-0.15, -0.1) is 0 Å². The summed E-state index contributed by atoms with van der Waals surface area (Å²) in [6.07, 6.45) is 6.36. The molecule has 20 heavy (non-hydrogen) atoms. The first kappa shape index (κ1) is 16.8. The molecule has 2 amide bonds. The third-order valence-electron chi connectivity index (χ3n) is 3.87. The van der Waals surface area contributed by atoms with Crippen molar-refractivity contribution in [1.29, 1.82) is 0 Å². The van der Waals surface area contributed by atoms with E-state index >= 15 is 0 Å². The maximum Gasteiger partial charge on any atom is 0.317 e. The largest absolute Gasteiger partial charge is 0.481 e. The summed E-state index contributed by atoms with van der Waals surface area (Å²) in [5.41, 5.74) is 0. The SMILES string of the molecule is CCCC(CCNC(=O)N(C)CC1CC1)CCC(=O)O. The van der Waals surface area contributed by atoms with Crippen LogP contribution in [0.5, 0.6) is 0 Å². The van der Waals surface area contributed by atoms with Gasteiger partial charge in [-0.05, 0) is 37.5 Å². The van der Waals surface area contributed by atoms with Crippen LogP contribution in [0.1, 0.15) is 51.9 Å². The van der Waals surface area contributed by atoms with E-state index in [0.717, 1.165) is 25.8 Å². The maximum atomic E-state index is 11.8. The lowest BCUT2D eigenvalue weighted by molar-refractivity contribution is -0.137. The summed E-state index contributed by atoms with van der Waals surface area (Å²) in [5.74, 6) is 0.360. The van der Waals surface area contributed by atoms with Crippen molar-refractivity contribution in [2.75, 3.05) is 20.1 Å². The third kappa shape index (κ3) is 7.36. The van der Waals surface area contributed by atoms with Gasteiger partial charge in [-0.3, -0.25) is 4.79 Å². The van der Waals surface area contributed by atoms with E-state index in [0.29, 0.717) is 24.8 Å². The van der Waals surface area contributed by atoms with Crippen molar-refractivity contribution in [2.24, 2.45) is 11.8 Å². The predicted molar refractivity (Wildman–Crippen MR) is 78.6 cm³/mol. The van der Waals surface area contributed by atoms with Crippen LogP contribution in [0, 0.1) is 11.8 Å². The van der Waals surface area contributed by atoms with Crippen LogP contribution >= 0.6 is 0 Å². The van der Waals surface area contributed by atoms with Gasteiger partial charge >= 0.3 is 12.0 Å². The number of hydrogen-bond acceptors (Lipinski definition) is 2. The standard InChI is InChI=1S/C15H28N2O3/c1-3-4-12(7-8-14(18)19)9-10-16-15(20)17(2)11-13-5-6-13/h12-13H,3-11H2,1-2H3,(H,16,20)(H,18,19). The quantitative estimate of drug-likeness (QED) is 0.648. The van der Waals surface area contributed by atoms with E-state index in [1.165, 1.54) is 12.8 Å². The molecular weight excluding hydrogens is 256 g/mol. The molecule has 1 fully saturated rings. The number of carbonyl (C=O) groups is 2. The highest BCUT2D eigenvalue weighted by Gasteiger charge is 2.24. The zero-order valence-electron chi connectivity index (χ0n) is 12.7. The number of urea groups is 1. The smallest absolute Gasteiger partial charge is 0.317 e. The van der Waals surface area contributed by atoms with Gasteiger partial charge in [0, 0.05) is 26.6 Å². The van der Waals surface area contributed by atoms with Crippen LogP contribution in [-0.2, 0) is 4.79 Å². The van der Waals surface area contributed by atoms with Crippen LogP contribution in [-0.4, -0.2) is 42.1 Å². The molecule has 116 valence electrons. The first-order valence-electron chi connectivity index (χ1n) is 7.73. The first-order chi connectivity index (χ1) is 9.52. The van der Waals surface area contributed by atoms with Gasteiger partial charge in [0.2, 0.25) is 0 Å². The lowest BCUT2D eigenvalue weighted by atomic mass is 9.94. The van der Waals surface area contributed by atoms with Crippen LogP contribution in [0.3, 0.4) is 0 Å². The number of carboxylic acid groups (broad SMARTS) is 1. The highest BCUT2D eigenvalue weighted by atomic mass is 16.4. The van der Waals surface area contributed by atoms with Gasteiger partial charge in [-0.25, -0.2) is 4.79 Å². The molecule has 0 radical (unpaired) electrons. The average Bonchev–Trinajstić information content (AvgIpc) is 3.19. The van der Waals surface area contributed by atoms with Gasteiger partial charge in [0.05, 0.1) is 0 Å². The second kappa shape index (κ2) is 8.82. The van der Waals surface area contributed by atoms with E-state index in [1.54, 1.807) is 4.90 Å². The molecule has 0 bridgehead atoms. The number of carbonyl (C=O) groups excluding carboxylic acids is 1. The van der Waals surface area contributed by atoms with E-state index in [2.05, 4.69) is 12.2 Å². The van der Waals surface area contributed by atoms with E-state index in [-0.39, 0.29) is 12.5 Å². The van der Waals surface area contributed by atoms with Crippen LogP contribution in [0.4, 0.5) is 4.79 Å². The minimum atomic E-state index is -0.737. The molecular formula is C15H28N2O3. The fourth-order valence-corrected chi connectivity index (χ4v) is 2.46. The first-order valence-corrected chi connectivity index (χ1v) is 7.73. The van der Waals surface area contributed by atoms with Crippen molar-refractivity contribution in [2.45, 2.75) is 51.9 Å². The average molecular weight is 284 g/mol. The normalized spacial score (nSPS) is 15.7. The highest BCUT2D eigenvalue weighted by molar-refractivity contribution is 5.73. The molecule has 1 aliphatic carbocycles. The lowest BCUT2D eigenvalue weighted by Crippen LogP contribution is -2.39. The van der Waals surface area contributed by atoms with Gasteiger partial charge in [-0.2, -0.15) is 0 Å². The molecule has 1 saturated carbocycles. The zero-order chi connectivity index (χ0) is 15.0. The van der Waals surface area contributed by atoms with Crippen LogP contribution in [0.25, 0.3) is 0 Å². The molecule has 0 aromatic heterocycles. The monoisotopic (exact) mass is 284 g/mol. The van der Waals surface area contributed by atoms with E-state index < -0.39 is 5.97 Å². The summed E-state index contributed by atoms with van der Waals surface area (Å²) in [5, 5.41) is 11.7. The Kier molecular flexibility index (Phi) is 7.41. The molecule has 2 N–H and O–H groups in total. The second-order valence-electron chi connectivity index (χ2n) is 5.93. The number of nitrogens with one attached hydrogen (secondary N) is 1. The molecule has 1 aliphatic rings. The van der Waals surface area contributed by atoms with Gasteiger partial charge in [0.25, 0.3) is 0 Å². The molecule has 0 saturated heterocycles. The molecule has 1 atom stereocenters. The minimum absolute atomic E-state index is 0.00890. The number of rotatable bonds is 10. The molecule has 0 aromatic rings. The van der Waals surface area contributed by atoms with Crippen LogP contribution in [0.2, 0.25) is 0 Å². The molecule has 0 spiro atoms. The number of amides is 2. The Balaban J connectivity index is 2.17. The van der Waals surface area contributed by atoms with Crippen molar-refractivity contribution in [3.8, 4) is 0 Å². The summed E-state index contributed by atoms with van der Waals surface area (Å²) in [7, 11) is 1.83. The summed E-state index contributed by atoms with van der Waals surface area (Å²) in [6, 6.07) is -0.00890. The Morgan fingerprint density at radius 3 is 2.55 bits per heavy atom. The van der Waals surface area contributed by atoms with Crippen molar-refractivity contribution in [3.05, 3.63) is 0 Å². The number of nitrogens with zero attached hydrogens (tertiary/aromatic N) is 1. The molecule has 0 aliphatic heterocycles. The zero-order valence-corrected chi connectivity index (χ0v) is 12.7. The molecule has 1 rings (SSSR count). The summed E-state index contributed by atoms with van der Waals surface area (Å²) < 4.78 is 0. The van der Waals surface area contributed by atoms with Crippen LogP contribution < -0.4 is 5.32 Å². The minimum Gasteiger partial charge on any atom is -0.481 e. The van der Waals surface area contributed by atoms with Gasteiger partial charge in [-0.1, -0.05) is 19.8 Å². The summed E-state index contributed by atoms with van der Waals surface area (Å²) in [6.45, 7) is 3.59. The lowest BCUT2D eigenvalue weighted by Gasteiger charge is -2.19. The van der Waals surface area contributed by atoms with E-state index in [9.17, 15) is 9.59 Å². The summed E-state index contributed by atoms with van der Waals surface area (Å²) in [4.78, 5) is 24.2. The summed E-state index contributed by atoms with van der Waals surface area (Å²) >= 11 is 0. The van der Waals surface area contributed by atoms with Crippen molar-refractivity contribution in [1.82, 2.24) is 10.2 Å². The number of carboxylic acids is 1. The molecule has 1 unspecified atom stereocenters. The Hall–Kier alpha value is -1.26. The van der Waals surface area contributed by atoms with E-state index in [4.69, 9.17) is 5.11 Å². The van der Waals surface area contributed by atoms with E-state index in [1.807, 2.05) is 7.05 Å². The van der Waals surface area contributed by atoms with Crippen molar-refractivity contribution in [3.63, 3.8) is 0 Å². The van der Waals surface area contributed by atoms with Gasteiger partial charge in [0.15, 0.2) is 0 Å². The fourth-order valence-electron chi connectivity index (χ4n) is 2.46. The highest BCUT2D eigenvalue weighted by Crippen LogP contribution is 2.29. The fraction of sp³-hybridized carbons (Fsp3) is 0.867. The second-order valence-corrected chi connectivity index (χ2v) is 5.93. The van der Waals surface area contributed by atoms with Crippen LogP contribution in [0.15, 0.2) is 0 Å². The van der Waals surface area contributed by atoms with Crippen molar-refractivity contribution < 1.29 is 14.7 Å². The topological polar surface area (TPSA) is 69.6 Å². The molecule has 5 heteroatoms. The maximum absolute atomic E-state index is 11.8. The number of hydrogen-bond donors (Lipinski definition) is 2. The third-order valence-corrected chi connectivity index (χ3v) is 3.87. The van der Waals surface area contributed by atoms with Gasteiger partial charge < -0.3 is 15.3 Å². The Morgan fingerprint density at radius 1 is 1.30 bits per heavy atom. The van der Waals surface area contributed by atoms with Crippen molar-refractivity contribution >= 4 is 12.0 Å². The molecule has 0 aromatic carbocycles. The molecule has 0 heterocycles. The number of aliphatic carboxylic acids is 1.